The van der Waals surface area contributed by atoms with Crippen LogP contribution in [0.25, 0.3) is 0 Å². The second kappa shape index (κ2) is 7.40. The van der Waals surface area contributed by atoms with Gasteiger partial charge in [-0.1, -0.05) is 6.92 Å². The van der Waals surface area contributed by atoms with Crippen molar-refractivity contribution in [2.24, 2.45) is 11.8 Å². The highest BCUT2D eigenvalue weighted by Gasteiger charge is 2.28. The van der Waals surface area contributed by atoms with E-state index in [0.717, 1.165) is 24.4 Å². The molecule has 6 nitrogen and oxygen atoms in total. The molecule has 2 heterocycles. The van der Waals surface area contributed by atoms with E-state index in [4.69, 9.17) is 5.11 Å². The predicted octanol–water partition coefficient (Wildman–Crippen LogP) is 2.18. The molecule has 1 aromatic rings. The number of carboxylic acids is 1. The Balaban J connectivity index is 1.82. The minimum absolute atomic E-state index is 0.0857. The Morgan fingerprint density at radius 1 is 1.62 bits per heavy atom. The van der Waals surface area contributed by atoms with E-state index >= 15 is 0 Å². The Morgan fingerprint density at radius 2 is 2.43 bits per heavy atom. The molecule has 1 aliphatic rings. The van der Waals surface area contributed by atoms with Crippen LogP contribution in [-0.4, -0.2) is 40.1 Å². The van der Waals surface area contributed by atoms with E-state index in [9.17, 15) is 9.59 Å². The SMILES string of the molecule is CC(CC(=O)O)C1CCCN(C(=O)NCc2nccs2)C1. The molecule has 2 atom stereocenters. The third kappa shape index (κ3) is 4.70. The summed E-state index contributed by atoms with van der Waals surface area (Å²) in [4.78, 5) is 28.9. The number of aromatic nitrogens is 1. The van der Waals surface area contributed by atoms with Crippen molar-refractivity contribution in [3.05, 3.63) is 16.6 Å². The Hall–Kier alpha value is -1.63. The normalized spacial score (nSPS) is 20.0. The zero-order chi connectivity index (χ0) is 15.2. The average Bonchev–Trinajstić information content (AvgIpc) is 2.97. The van der Waals surface area contributed by atoms with E-state index in [0.29, 0.717) is 13.1 Å². The maximum atomic E-state index is 12.2. The summed E-state index contributed by atoms with van der Waals surface area (Å²) in [7, 11) is 0. The van der Waals surface area contributed by atoms with Gasteiger partial charge < -0.3 is 15.3 Å². The molecule has 1 aliphatic heterocycles. The number of carboxylic acid groups (broad SMARTS) is 1. The molecule has 0 aliphatic carbocycles. The average molecular weight is 311 g/mol. The molecule has 21 heavy (non-hydrogen) atoms. The van der Waals surface area contributed by atoms with Crippen molar-refractivity contribution in [1.29, 1.82) is 0 Å². The van der Waals surface area contributed by atoms with Crippen LogP contribution in [0.3, 0.4) is 0 Å². The lowest BCUT2D eigenvalue weighted by atomic mass is 9.85. The highest BCUT2D eigenvalue weighted by Crippen LogP contribution is 2.26. The van der Waals surface area contributed by atoms with E-state index < -0.39 is 5.97 Å². The third-order valence-corrected chi connectivity index (χ3v) is 4.70. The van der Waals surface area contributed by atoms with Gasteiger partial charge in [0.2, 0.25) is 0 Å². The van der Waals surface area contributed by atoms with E-state index in [1.165, 1.54) is 11.3 Å². The summed E-state index contributed by atoms with van der Waals surface area (Å²) in [5.41, 5.74) is 0. The number of likely N-dealkylation sites (tertiary alicyclic amines) is 1. The van der Waals surface area contributed by atoms with Crippen LogP contribution in [0.4, 0.5) is 4.79 Å². The van der Waals surface area contributed by atoms with Gasteiger partial charge >= 0.3 is 12.0 Å². The molecule has 0 aromatic carbocycles. The Bertz CT molecular complexity index is 478. The maximum Gasteiger partial charge on any atom is 0.317 e. The van der Waals surface area contributed by atoms with Gasteiger partial charge in [0.1, 0.15) is 5.01 Å². The van der Waals surface area contributed by atoms with Crippen LogP contribution in [0, 0.1) is 11.8 Å². The number of aliphatic carboxylic acids is 1. The Labute approximate surface area is 128 Å². The first-order chi connectivity index (χ1) is 10.1. The number of hydrogen-bond donors (Lipinski definition) is 2. The van der Waals surface area contributed by atoms with Crippen molar-refractivity contribution in [3.63, 3.8) is 0 Å². The van der Waals surface area contributed by atoms with Gasteiger partial charge in [-0.2, -0.15) is 0 Å². The highest BCUT2D eigenvalue weighted by atomic mass is 32.1. The largest absolute Gasteiger partial charge is 0.481 e. The van der Waals surface area contributed by atoms with Crippen LogP contribution in [0.5, 0.6) is 0 Å². The zero-order valence-electron chi connectivity index (χ0n) is 12.1. The first-order valence-corrected chi connectivity index (χ1v) is 8.07. The van der Waals surface area contributed by atoms with Crippen molar-refractivity contribution < 1.29 is 14.7 Å². The summed E-state index contributed by atoms with van der Waals surface area (Å²) in [6.07, 6.45) is 3.81. The van der Waals surface area contributed by atoms with Gasteiger partial charge in [-0.25, -0.2) is 9.78 Å². The van der Waals surface area contributed by atoms with E-state index in [1.807, 2.05) is 12.3 Å². The number of thiazole rings is 1. The fourth-order valence-electron chi connectivity index (χ4n) is 2.70. The first kappa shape index (κ1) is 15.8. The second-order valence-corrected chi connectivity index (χ2v) is 6.49. The van der Waals surface area contributed by atoms with E-state index in [2.05, 4.69) is 10.3 Å². The highest BCUT2D eigenvalue weighted by molar-refractivity contribution is 7.09. The monoisotopic (exact) mass is 311 g/mol. The molecule has 2 amide bonds. The number of hydrogen-bond acceptors (Lipinski definition) is 4. The predicted molar refractivity (Wildman–Crippen MR) is 80.1 cm³/mol. The molecule has 2 N–H and O–H groups in total. The van der Waals surface area contributed by atoms with Crippen LogP contribution in [0.15, 0.2) is 11.6 Å². The molecule has 0 spiro atoms. The van der Waals surface area contributed by atoms with Gasteiger partial charge in [-0.15, -0.1) is 11.3 Å². The van der Waals surface area contributed by atoms with Crippen LogP contribution < -0.4 is 5.32 Å². The Morgan fingerprint density at radius 3 is 3.10 bits per heavy atom. The number of urea groups is 1. The van der Waals surface area contributed by atoms with Crippen LogP contribution >= 0.6 is 11.3 Å². The van der Waals surface area contributed by atoms with Gasteiger partial charge in [0.05, 0.1) is 6.54 Å². The van der Waals surface area contributed by atoms with Crippen molar-refractivity contribution in [2.75, 3.05) is 13.1 Å². The molecule has 0 saturated carbocycles. The lowest BCUT2D eigenvalue weighted by Gasteiger charge is -2.35. The molecule has 1 fully saturated rings. The van der Waals surface area contributed by atoms with E-state index in [1.54, 1.807) is 11.1 Å². The van der Waals surface area contributed by atoms with Crippen LogP contribution in [0.1, 0.15) is 31.2 Å². The minimum Gasteiger partial charge on any atom is -0.481 e. The van der Waals surface area contributed by atoms with Gasteiger partial charge in [0.25, 0.3) is 0 Å². The first-order valence-electron chi connectivity index (χ1n) is 7.19. The minimum atomic E-state index is -0.771. The second-order valence-electron chi connectivity index (χ2n) is 5.51. The topological polar surface area (TPSA) is 82.5 Å². The molecular weight excluding hydrogens is 290 g/mol. The zero-order valence-corrected chi connectivity index (χ0v) is 12.9. The quantitative estimate of drug-likeness (QED) is 0.873. The van der Waals surface area contributed by atoms with Gasteiger partial charge in [-0.05, 0) is 24.7 Å². The van der Waals surface area contributed by atoms with Gasteiger partial charge in [-0.3, -0.25) is 4.79 Å². The van der Waals surface area contributed by atoms with Crippen molar-refractivity contribution >= 4 is 23.3 Å². The third-order valence-electron chi connectivity index (χ3n) is 3.92. The lowest BCUT2D eigenvalue weighted by Crippen LogP contribution is -2.46. The van der Waals surface area contributed by atoms with Crippen molar-refractivity contribution in [3.8, 4) is 0 Å². The number of amides is 2. The number of nitrogens with zero attached hydrogens (tertiary/aromatic N) is 2. The number of nitrogens with one attached hydrogen (secondary N) is 1. The van der Waals surface area contributed by atoms with Crippen molar-refractivity contribution in [1.82, 2.24) is 15.2 Å². The lowest BCUT2D eigenvalue weighted by molar-refractivity contribution is -0.138. The molecule has 2 unspecified atom stereocenters. The molecule has 0 radical (unpaired) electrons. The number of piperidine rings is 1. The smallest absolute Gasteiger partial charge is 0.317 e. The van der Waals surface area contributed by atoms with Gasteiger partial charge in [0.15, 0.2) is 0 Å². The van der Waals surface area contributed by atoms with Gasteiger partial charge in [0, 0.05) is 31.1 Å². The number of rotatable bonds is 5. The summed E-state index contributed by atoms with van der Waals surface area (Å²) < 4.78 is 0. The summed E-state index contributed by atoms with van der Waals surface area (Å²) in [5.74, 6) is -0.412. The van der Waals surface area contributed by atoms with Crippen molar-refractivity contribution in [2.45, 2.75) is 32.7 Å². The summed E-state index contributed by atoms with van der Waals surface area (Å²) in [6.45, 7) is 3.77. The molecule has 1 aromatic heterocycles. The summed E-state index contributed by atoms with van der Waals surface area (Å²) in [6, 6.07) is -0.0857. The Kier molecular flexibility index (Phi) is 5.55. The molecule has 0 bridgehead atoms. The molecule has 2 rings (SSSR count). The fraction of sp³-hybridized carbons (Fsp3) is 0.643. The maximum absolute atomic E-state index is 12.2. The molecule has 7 heteroatoms. The summed E-state index contributed by atoms with van der Waals surface area (Å²) >= 11 is 1.51. The van der Waals surface area contributed by atoms with Crippen LogP contribution in [-0.2, 0) is 11.3 Å². The van der Waals surface area contributed by atoms with E-state index in [-0.39, 0.29) is 24.3 Å². The van der Waals surface area contributed by atoms with Crippen LogP contribution in [0.2, 0.25) is 0 Å². The standard InChI is InChI=1S/C14H21N3O3S/c1-10(7-13(18)19)11-3-2-5-17(9-11)14(20)16-8-12-15-4-6-21-12/h4,6,10-11H,2-3,5,7-9H2,1H3,(H,16,20)(H,18,19). The summed E-state index contributed by atoms with van der Waals surface area (Å²) in [5, 5.41) is 14.5. The number of carbonyl (C=O) groups excluding carboxylic acids is 1. The molecule has 1 saturated heterocycles. The molecule has 116 valence electrons. The number of carbonyl (C=O) groups is 2. The fourth-order valence-corrected chi connectivity index (χ4v) is 3.26. The molecular formula is C14H21N3O3S.